The highest BCUT2D eigenvalue weighted by Crippen LogP contribution is 2.38. The highest BCUT2D eigenvalue weighted by Gasteiger charge is 2.15. The van der Waals surface area contributed by atoms with Crippen LogP contribution in [0, 0.1) is 6.92 Å². The monoisotopic (exact) mass is 396 g/mol. The van der Waals surface area contributed by atoms with Crippen molar-refractivity contribution in [3.63, 3.8) is 0 Å². The van der Waals surface area contributed by atoms with Crippen molar-refractivity contribution in [3.05, 3.63) is 109 Å². The molecule has 1 aromatic heterocycles. The normalized spacial score (nSPS) is 11.4. The molecule has 2 nitrogen and oxygen atoms in total. The smallest absolute Gasteiger partial charge is 0.126 e. The maximum absolute atomic E-state index is 4.85. The van der Waals surface area contributed by atoms with Gasteiger partial charge in [0.2, 0.25) is 0 Å². The summed E-state index contributed by atoms with van der Waals surface area (Å²) in [5.41, 5.74) is 5.49. The van der Waals surface area contributed by atoms with Crippen LogP contribution in [0.3, 0.4) is 0 Å². The lowest BCUT2D eigenvalue weighted by Gasteiger charge is -2.14. The Labute approximate surface area is 180 Å². The maximum atomic E-state index is 4.85. The fourth-order valence-corrected chi connectivity index (χ4v) is 4.52. The number of hydrogen-bond donors (Lipinski definition) is 0. The summed E-state index contributed by atoms with van der Waals surface area (Å²) in [5, 5.41) is 6.00. The molecular formula is C29H20N2. The third-order valence-electron chi connectivity index (χ3n) is 5.92. The van der Waals surface area contributed by atoms with Crippen LogP contribution in [0.2, 0.25) is 0 Å². The lowest BCUT2D eigenvalue weighted by atomic mass is 9.92. The number of fused-ring (bicyclic) bond motifs is 4. The van der Waals surface area contributed by atoms with Crippen LogP contribution in [0.1, 0.15) is 5.82 Å². The van der Waals surface area contributed by atoms with Crippen LogP contribution in [0.4, 0.5) is 0 Å². The van der Waals surface area contributed by atoms with E-state index in [9.17, 15) is 0 Å². The van der Waals surface area contributed by atoms with Gasteiger partial charge in [0, 0.05) is 10.9 Å². The van der Waals surface area contributed by atoms with Crippen LogP contribution in [0.25, 0.3) is 54.8 Å². The summed E-state index contributed by atoms with van der Waals surface area (Å²) in [6.45, 7) is 1.97. The molecule has 0 aliphatic rings. The quantitative estimate of drug-likeness (QED) is 0.282. The van der Waals surface area contributed by atoms with Crippen LogP contribution in [-0.4, -0.2) is 9.97 Å². The van der Waals surface area contributed by atoms with E-state index in [-0.39, 0.29) is 0 Å². The molecule has 6 rings (SSSR count). The molecule has 0 N–H and O–H groups in total. The summed E-state index contributed by atoms with van der Waals surface area (Å²) in [5.74, 6) is 0.783. The van der Waals surface area contributed by atoms with Crippen LogP contribution >= 0.6 is 0 Å². The van der Waals surface area contributed by atoms with Gasteiger partial charge in [-0.15, -0.1) is 0 Å². The summed E-state index contributed by atoms with van der Waals surface area (Å²) in [7, 11) is 0. The van der Waals surface area contributed by atoms with Gasteiger partial charge in [0.1, 0.15) is 5.82 Å². The van der Waals surface area contributed by atoms with Gasteiger partial charge < -0.3 is 0 Å². The first-order chi connectivity index (χ1) is 15.3. The molecule has 0 atom stereocenters. The van der Waals surface area contributed by atoms with Gasteiger partial charge in [-0.25, -0.2) is 9.97 Å². The molecule has 1 heterocycles. The third kappa shape index (κ3) is 2.96. The van der Waals surface area contributed by atoms with Gasteiger partial charge >= 0.3 is 0 Å². The topological polar surface area (TPSA) is 25.8 Å². The summed E-state index contributed by atoms with van der Waals surface area (Å²) < 4.78 is 0. The molecule has 146 valence electrons. The average molecular weight is 396 g/mol. The molecule has 6 aromatic rings. The largest absolute Gasteiger partial charge is 0.233 e. The minimum atomic E-state index is 0.783. The predicted octanol–water partition coefficient (Wildman–Crippen LogP) is 7.58. The highest BCUT2D eigenvalue weighted by molar-refractivity contribution is 6.17. The second kappa shape index (κ2) is 7.03. The van der Waals surface area contributed by atoms with Crippen molar-refractivity contribution in [1.29, 1.82) is 0 Å². The molecule has 0 radical (unpaired) electrons. The third-order valence-corrected chi connectivity index (χ3v) is 5.92. The highest BCUT2D eigenvalue weighted by atomic mass is 14.9. The van der Waals surface area contributed by atoms with Gasteiger partial charge in [0.25, 0.3) is 0 Å². The SMILES string of the molecule is Cc1nc(-c2ccccc2)c2c(cc(-c3ccc4ccccc4c3)c3ccccc32)n1. The van der Waals surface area contributed by atoms with Gasteiger partial charge in [0.05, 0.1) is 11.2 Å². The zero-order chi connectivity index (χ0) is 20.8. The first kappa shape index (κ1) is 17.8. The first-order valence-electron chi connectivity index (χ1n) is 10.5. The van der Waals surface area contributed by atoms with E-state index in [1.54, 1.807) is 0 Å². The molecule has 0 amide bonds. The van der Waals surface area contributed by atoms with E-state index in [2.05, 4.69) is 97.1 Å². The lowest BCUT2D eigenvalue weighted by molar-refractivity contribution is 1.10. The lowest BCUT2D eigenvalue weighted by Crippen LogP contribution is -1.96. The van der Waals surface area contributed by atoms with Gasteiger partial charge in [0.15, 0.2) is 0 Å². The summed E-state index contributed by atoms with van der Waals surface area (Å²) in [6.07, 6.45) is 0. The molecular weight excluding hydrogens is 376 g/mol. The second-order valence-electron chi connectivity index (χ2n) is 7.91. The predicted molar refractivity (Wildman–Crippen MR) is 130 cm³/mol. The maximum Gasteiger partial charge on any atom is 0.126 e. The Kier molecular flexibility index (Phi) is 4.03. The number of aromatic nitrogens is 2. The van der Waals surface area contributed by atoms with E-state index in [1.807, 2.05) is 13.0 Å². The number of hydrogen-bond acceptors (Lipinski definition) is 2. The Morgan fingerprint density at radius 3 is 2.10 bits per heavy atom. The Balaban J connectivity index is 1.72. The number of benzene rings is 5. The van der Waals surface area contributed by atoms with Crippen LogP contribution < -0.4 is 0 Å². The Bertz CT molecular complexity index is 1580. The first-order valence-corrected chi connectivity index (χ1v) is 10.5. The molecule has 0 aliphatic heterocycles. The summed E-state index contributed by atoms with van der Waals surface area (Å²) in [6, 6.07) is 36.4. The van der Waals surface area contributed by atoms with Gasteiger partial charge in [-0.2, -0.15) is 0 Å². The molecule has 0 unspecified atom stereocenters. The molecule has 0 fully saturated rings. The average Bonchev–Trinajstić information content (AvgIpc) is 2.83. The Morgan fingerprint density at radius 2 is 1.26 bits per heavy atom. The van der Waals surface area contributed by atoms with Crippen LogP contribution in [-0.2, 0) is 0 Å². The van der Waals surface area contributed by atoms with Gasteiger partial charge in [-0.1, -0.05) is 91.0 Å². The standard InChI is InChI=1S/C29H20N2/c1-19-30-27-18-26(23-16-15-20-9-5-6-12-22(20)17-23)24-13-7-8-14-25(24)28(27)29(31-19)21-10-3-2-4-11-21/h2-18H,1H3. The zero-order valence-corrected chi connectivity index (χ0v) is 17.2. The van der Waals surface area contributed by atoms with E-state index in [4.69, 9.17) is 9.97 Å². The van der Waals surface area contributed by atoms with Crippen LogP contribution in [0.15, 0.2) is 103 Å². The minimum Gasteiger partial charge on any atom is -0.233 e. The Hall–Kier alpha value is -4.04. The molecule has 0 bridgehead atoms. The van der Waals surface area contributed by atoms with Crippen molar-refractivity contribution in [2.24, 2.45) is 0 Å². The van der Waals surface area contributed by atoms with Gasteiger partial charge in [-0.3, -0.25) is 0 Å². The van der Waals surface area contributed by atoms with Crippen molar-refractivity contribution >= 4 is 32.4 Å². The van der Waals surface area contributed by atoms with E-state index >= 15 is 0 Å². The van der Waals surface area contributed by atoms with E-state index in [1.165, 1.54) is 32.7 Å². The second-order valence-corrected chi connectivity index (χ2v) is 7.91. The molecule has 31 heavy (non-hydrogen) atoms. The van der Waals surface area contributed by atoms with Crippen LogP contribution in [0.5, 0.6) is 0 Å². The number of aryl methyl sites for hydroxylation is 1. The molecule has 0 saturated carbocycles. The van der Waals surface area contributed by atoms with Crippen molar-refractivity contribution in [1.82, 2.24) is 9.97 Å². The minimum absolute atomic E-state index is 0.783. The van der Waals surface area contributed by atoms with Gasteiger partial charge in [-0.05, 0) is 51.7 Å². The van der Waals surface area contributed by atoms with Crippen molar-refractivity contribution in [2.75, 3.05) is 0 Å². The molecule has 0 spiro atoms. The van der Waals surface area contributed by atoms with Crippen molar-refractivity contribution in [2.45, 2.75) is 6.92 Å². The van der Waals surface area contributed by atoms with E-state index < -0.39 is 0 Å². The van der Waals surface area contributed by atoms with E-state index in [0.717, 1.165) is 28.0 Å². The van der Waals surface area contributed by atoms with Crippen molar-refractivity contribution in [3.8, 4) is 22.4 Å². The summed E-state index contributed by atoms with van der Waals surface area (Å²) in [4.78, 5) is 9.70. The summed E-state index contributed by atoms with van der Waals surface area (Å²) >= 11 is 0. The van der Waals surface area contributed by atoms with Crippen molar-refractivity contribution < 1.29 is 0 Å². The fraction of sp³-hybridized carbons (Fsp3) is 0.0345. The molecule has 2 heteroatoms. The Morgan fingerprint density at radius 1 is 0.548 bits per heavy atom. The number of nitrogens with zero attached hydrogens (tertiary/aromatic N) is 2. The van der Waals surface area contributed by atoms with E-state index in [0.29, 0.717) is 0 Å². The molecule has 0 saturated heterocycles. The molecule has 0 aliphatic carbocycles. The molecule has 5 aromatic carbocycles. The number of rotatable bonds is 2. The fourth-order valence-electron chi connectivity index (χ4n) is 4.52. The zero-order valence-electron chi connectivity index (χ0n) is 17.2.